The number of nitrogens with zero attached hydrogens (tertiary/aromatic N) is 1. The van der Waals surface area contributed by atoms with Crippen molar-refractivity contribution in [3.63, 3.8) is 0 Å². The fraction of sp³-hybridized carbons (Fsp3) is 0.538. The minimum Gasteiger partial charge on any atom is -0.207 e. The maximum absolute atomic E-state index is 12.5. The predicted octanol–water partition coefficient (Wildman–Crippen LogP) is 3.31. The van der Waals surface area contributed by atoms with Crippen LogP contribution in [0.3, 0.4) is 0 Å². The fourth-order valence-electron chi connectivity index (χ4n) is 1.66. The zero-order chi connectivity index (χ0) is 14.1. The molecule has 18 heavy (non-hydrogen) atoms. The Morgan fingerprint density at radius 2 is 1.78 bits per heavy atom. The molecule has 0 N–H and O–H groups in total. The van der Waals surface area contributed by atoms with E-state index >= 15 is 0 Å². The Hall–Kier alpha value is -0.580. The van der Waals surface area contributed by atoms with Gasteiger partial charge in [0.25, 0.3) is 0 Å². The van der Waals surface area contributed by atoms with Crippen molar-refractivity contribution in [3.8, 4) is 0 Å². The number of rotatable bonds is 4. The zero-order valence-corrected chi connectivity index (χ0v) is 13.0. The highest BCUT2D eigenvalue weighted by atomic mass is 35.5. The molecule has 0 aromatic heterocycles. The molecule has 102 valence electrons. The first-order valence-corrected chi connectivity index (χ1v) is 7.74. The Morgan fingerprint density at radius 1 is 1.22 bits per heavy atom. The highest BCUT2D eigenvalue weighted by Gasteiger charge is 2.28. The van der Waals surface area contributed by atoms with Crippen LogP contribution in [0.5, 0.6) is 0 Å². The van der Waals surface area contributed by atoms with Gasteiger partial charge in [0, 0.05) is 18.1 Å². The predicted molar refractivity (Wildman–Crippen MR) is 75.4 cm³/mol. The minimum absolute atomic E-state index is 0.0617. The van der Waals surface area contributed by atoms with Crippen molar-refractivity contribution in [1.29, 1.82) is 0 Å². The van der Waals surface area contributed by atoms with Gasteiger partial charge in [-0.15, -0.1) is 0 Å². The third-order valence-corrected chi connectivity index (χ3v) is 5.91. The molecule has 0 aliphatic rings. The Morgan fingerprint density at radius 3 is 2.28 bits per heavy atom. The molecular weight excluding hydrogens is 270 g/mol. The first-order valence-electron chi connectivity index (χ1n) is 5.92. The highest BCUT2D eigenvalue weighted by molar-refractivity contribution is 7.89. The maximum Gasteiger partial charge on any atom is 0.243 e. The lowest BCUT2D eigenvalue weighted by molar-refractivity contribution is 0.315. The average Bonchev–Trinajstić information content (AvgIpc) is 2.30. The standard InChI is InChI=1S/C13H20ClNO2S/c1-9(2)11(4)15(5)18(16,17)13-8-6-7-12(14)10(13)3/h6-9,11H,1-5H3. The van der Waals surface area contributed by atoms with Crippen molar-refractivity contribution in [2.45, 2.75) is 38.6 Å². The lowest BCUT2D eigenvalue weighted by Gasteiger charge is -2.27. The topological polar surface area (TPSA) is 37.4 Å². The summed E-state index contributed by atoms with van der Waals surface area (Å²) in [5.74, 6) is 0.254. The second-order valence-corrected chi connectivity index (χ2v) is 7.24. The molecule has 1 aromatic carbocycles. The molecule has 0 bridgehead atoms. The second kappa shape index (κ2) is 5.59. The van der Waals surface area contributed by atoms with E-state index in [9.17, 15) is 8.42 Å². The third-order valence-electron chi connectivity index (χ3n) is 3.41. The monoisotopic (exact) mass is 289 g/mol. The largest absolute Gasteiger partial charge is 0.243 e. The molecule has 0 aliphatic carbocycles. The first kappa shape index (κ1) is 15.5. The van der Waals surface area contributed by atoms with E-state index in [1.807, 2.05) is 20.8 Å². The quantitative estimate of drug-likeness (QED) is 0.853. The second-order valence-electron chi connectivity index (χ2n) is 4.87. The van der Waals surface area contributed by atoms with Crippen LogP contribution in [0.25, 0.3) is 0 Å². The number of hydrogen-bond acceptors (Lipinski definition) is 2. The summed E-state index contributed by atoms with van der Waals surface area (Å²) in [4.78, 5) is 0.282. The average molecular weight is 290 g/mol. The molecule has 0 heterocycles. The summed E-state index contributed by atoms with van der Waals surface area (Å²) in [5, 5.41) is 0.474. The molecule has 1 unspecified atom stereocenters. The van der Waals surface area contributed by atoms with Gasteiger partial charge < -0.3 is 0 Å². The van der Waals surface area contributed by atoms with Crippen LogP contribution in [0.1, 0.15) is 26.3 Å². The van der Waals surface area contributed by atoms with Crippen LogP contribution < -0.4 is 0 Å². The van der Waals surface area contributed by atoms with Crippen LogP contribution in [-0.4, -0.2) is 25.8 Å². The van der Waals surface area contributed by atoms with Crippen molar-refractivity contribution in [2.24, 2.45) is 5.92 Å². The Bertz CT molecular complexity index is 526. The van der Waals surface area contributed by atoms with Crippen LogP contribution >= 0.6 is 11.6 Å². The SMILES string of the molecule is Cc1c(Cl)cccc1S(=O)(=O)N(C)C(C)C(C)C. The van der Waals surface area contributed by atoms with E-state index in [0.29, 0.717) is 10.6 Å². The third kappa shape index (κ3) is 2.87. The number of halogens is 1. The molecule has 1 rings (SSSR count). The maximum atomic E-state index is 12.5. The molecule has 0 saturated heterocycles. The summed E-state index contributed by atoms with van der Waals surface area (Å²) in [7, 11) is -1.88. The summed E-state index contributed by atoms with van der Waals surface area (Å²) in [5.41, 5.74) is 0.599. The number of hydrogen-bond donors (Lipinski definition) is 0. The van der Waals surface area contributed by atoms with Gasteiger partial charge >= 0.3 is 0 Å². The summed E-state index contributed by atoms with van der Waals surface area (Å²) in [6, 6.07) is 4.89. The van der Waals surface area contributed by atoms with Crippen LogP contribution in [-0.2, 0) is 10.0 Å². The van der Waals surface area contributed by atoms with Crippen LogP contribution in [0.2, 0.25) is 5.02 Å². The van der Waals surface area contributed by atoms with E-state index in [-0.39, 0.29) is 16.9 Å². The van der Waals surface area contributed by atoms with E-state index in [2.05, 4.69) is 0 Å². The summed E-state index contributed by atoms with van der Waals surface area (Å²) < 4.78 is 26.4. The van der Waals surface area contributed by atoms with Crippen molar-refractivity contribution in [3.05, 3.63) is 28.8 Å². The molecule has 3 nitrogen and oxygen atoms in total. The van der Waals surface area contributed by atoms with Crippen LogP contribution in [0, 0.1) is 12.8 Å². The van der Waals surface area contributed by atoms with E-state index in [4.69, 9.17) is 11.6 Å². The van der Waals surface area contributed by atoms with Crippen LogP contribution in [0.15, 0.2) is 23.1 Å². The molecule has 0 amide bonds. The van der Waals surface area contributed by atoms with Gasteiger partial charge in [0.15, 0.2) is 0 Å². The highest BCUT2D eigenvalue weighted by Crippen LogP contribution is 2.26. The molecule has 0 fully saturated rings. The van der Waals surface area contributed by atoms with Gasteiger partial charge in [0.1, 0.15) is 0 Å². The van der Waals surface area contributed by atoms with E-state index < -0.39 is 10.0 Å². The summed E-state index contributed by atoms with van der Waals surface area (Å²) in [6.07, 6.45) is 0. The smallest absolute Gasteiger partial charge is 0.207 e. The number of sulfonamides is 1. The van der Waals surface area contributed by atoms with Crippen molar-refractivity contribution in [2.75, 3.05) is 7.05 Å². The molecule has 1 atom stereocenters. The normalized spacial score (nSPS) is 14.2. The van der Waals surface area contributed by atoms with Gasteiger partial charge in [-0.3, -0.25) is 0 Å². The zero-order valence-electron chi connectivity index (χ0n) is 11.4. The Balaban J connectivity index is 3.26. The molecule has 0 spiro atoms. The van der Waals surface area contributed by atoms with Crippen molar-refractivity contribution < 1.29 is 8.42 Å². The van der Waals surface area contributed by atoms with Crippen molar-refractivity contribution >= 4 is 21.6 Å². The first-order chi connectivity index (χ1) is 8.19. The van der Waals surface area contributed by atoms with E-state index in [1.165, 1.54) is 4.31 Å². The Labute approximate surface area is 115 Å². The summed E-state index contributed by atoms with van der Waals surface area (Å²) >= 11 is 5.98. The minimum atomic E-state index is -3.49. The van der Waals surface area contributed by atoms with E-state index in [1.54, 1.807) is 32.2 Å². The van der Waals surface area contributed by atoms with Crippen LogP contribution in [0.4, 0.5) is 0 Å². The van der Waals surface area contributed by atoms with Crippen molar-refractivity contribution in [1.82, 2.24) is 4.31 Å². The van der Waals surface area contributed by atoms with Gasteiger partial charge in [0.2, 0.25) is 10.0 Å². The lowest BCUT2D eigenvalue weighted by atomic mass is 10.1. The molecule has 0 aliphatic heterocycles. The Kier molecular flexibility index (Phi) is 4.81. The molecule has 0 saturated carbocycles. The molecule has 1 aromatic rings. The molecule has 5 heteroatoms. The summed E-state index contributed by atoms with van der Waals surface area (Å²) in [6.45, 7) is 7.63. The fourth-order valence-corrected chi connectivity index (χ4v) is 3.63. The van der Waals surface area contributed by atoms with Gasteiger partial charge in [-0.25, -0.2) is 8.42 Å². The van der Waals surface area contributed by atoms with Gasteiger partial charge in [-0.1, -0.05) is 31.5 Å². The van der Waals surface area contributed by atoms with Gasteiger partial charge in [-0.05, 0) is 37.5 Å². The van der Waals surface area contributed by atoms with E-state index in [0.717, 1.165) is 0 Å². The van der Waals surface area contributed by atoms with Gasteiger partial charge in [0.05, 0.1) is 4.90 Å². The lowest BCUT2D eigenvalue weighted by Crippen LogP contribution is -2.38. The van der Waals surface area contributed by atoms with Gasteiger partial charge in [-0.2, -0.15) is 4.31 Å². The molecule has 0 radical (unpaired) electrons. The molecular formula is C13H20ClNO2S. The number of benzene rings is 1.